The third kappa shape index (κ3) is 2.31. The average Bonchev–Trinajstić information content (AvgIpc) is 2.97. The summed E-state index contributed by atoms with van der Waals surface area (Å²) in [6.07, 6.45) is 0.540. The maximum Gasteiger partial charge on any atom is 0.170 e. The summed E-state index contributed by atoms with van der Waals surface area (Å²) in [5.74, 6) is -0.00171. The van der Waals surface area contributed by atoms with Gasteiger partial charge in [0.25, 0.3) is 0 Å². The second-order valence-electron chi connectivity index (χ2n) is 4.35. The van der Waals surface area contributed by atoms with E-state index < -0.39 is 6.10 Å². The van der Waals surface area contributed by atoms with Gasteiger partial charge in [-0.25, -0.2) is 4.39 Å². The minimum Gasteiger partial charge on any atom is -0.380 e. The molecule has 1 heterocycles. The van der Waals surface area contributed by atoms with Crippen LogP contribution in [0.25, 0.3) is 5.69 Å². The molecule has 0 aliphatic carbocycles. The summed E-state index contributed by atoms with van der Waals surface area (Å²) >= 11 is 0. The lowest BCUT2D eigenvalue weighted by Crippen LogP contribution is -2.08. The molecule has 0 saturated carbocycles. The highest BCUT2D eigenvalue weighted by Gasteiger charge is 2.17. The van der Waals surface area contributed by atoms with Crippen molar-refractivity contribution in [3.8, 4) is 5.69 Å². The van der Waals surface area contributed by atoms with Crippen LogP contribution in [0.1, 0.15) is 17.5 Å². The van der Waals surface area contributed by atoms with Crippen molar-refractivity contribution < 1.29 is 9.50 Å². The molecule has 2 aromatic carbocycles. The van der Waals surface area contributed by atoms with E-state index in [0.29, 0.717) is 17.1 Å². The monoisotopic (exact) mass is 269 g/mol. The second kappa shape index (κ2) is 5.22. The smallest absolute Gasteiger partial charge is 0.170 e. The van der Waals surface area contributed by atoms with Crippen molar-refractivity contribution in [3.63, 3.8) is 0 Å². The Morgan fingerprint density at radius 2 is 1.85 bits per heavy atom. The Kier molecular flexibility index (Phi) is 3.26. The van der Waals surface area contributed by atoms with E-state index in [-0.39, 0.29) is 5.82 Å². The molecule has 20 heavy (non-hydrogen) atoms. The number of hydrogen-bond donors (Lipinski definition) is 1. The van der Waals surface area contributed by atoms with Gasteiger partial charge in [0, 0.05) is 0 Å². The van der Waals surface area contributed by atoms with Gasteiger partial charge in [-0.15, -0.1) is 10.2 Å². The van der Waals surface area contributed by atoms with Crippen molar-refractivity contribution >= 4 is 0 Å². The predicted molar refractivity (Wildman–Crippen MR) is 71.8 cm³/mol. The molecule has 4 nitrogen and oxygen atoms in total. The van der Waals surface area contributed by atoms with Crippen molar-refractivity contribution in [1.29, 1.82) is 0 Å². The van der Waals surface area contributed by atoms with E-state index in [1.165, 1.54) is 18.5 Å². The van der Waals surface area contributed by atoms with Crippen molar-refractivity contribution in [3.05, 3.63) is 78.1 Å². The molecule has 0 fully saturated rings. The lowest BCUT2D eigenvalue weighted by Gasteiger charge is -2.12. The summed E-state index contributed by atoms with van der Waals surface area (Å²) in [6, 6.07) is 15.2. The fraction of sp³-hybridized carbons (Fsp3) is 0.0667. The van der Waals surface area contributed by atoms with Crippen LogP contribution in [0.2, 0.25) is 0 Å². The van der Waals surface area contributed by atoms with Gasteiger partial charge in [-0.05, 0) is 23.8 Å². The van der Waals surface area contributed by atoms with Crippen LogP contribution >= 0.6 is 0 Å². The summed E-state index contributed by atoms with van der Waals surface area (Å²) in [4.78, 5) is 0. The molecule has 3 rings (SSSR count). The van der Waals surface area contributed by atoms with Gasteiger partial charge in [-0.2, -0.15) is 0 Å². The maximum absolute atomic E-state index is 13.3. The van der Waals surface area contributed by atoms with Gasteiger partial charge < -0.3 is 5.11 Å². The van der Waals surface area contributed by atoms with E-state index in [0.717, 1.165) is 0 Å². The van der Waals surface area contributed by atoms with Gasteiger partial charge in [0.1, 0.15) is 18.2 Å². The molecule has 3 aromatic rings. The number of aliphatic hydroxyl groups is 1. The second-order valence-corrected chi connectivity index (χ2v) is 4.35. The molecule has 5 heteroatoms. The standard InChI is InChI=1S/C15H12FN3O/c16-12-7-4-8-13(9-12)19-10-17-18-15(19)14(20)11-5-2-1-3-6-11/h1-10,14,20H/t14-/m0/s1. The zero-order valence-electron chi connectivity index (χ0n) is 10.5. The third-order valence-electron chi connectivity index (χ3n) is 3.02. The Morgan fingerprint density at radius 3 is 2.60 bits per heavy atom. The number of aliphatic hydroxyl groups excluding tert-OH is 1. The van der Waals surface area contributed by atoms with Crippen LogP contribution in [-0.2, 0) is 0 Å². The highest BCUT2D eigenvalue weighted by molar-refractivity contribution is 5.34. The Hall–Kier alpha value is -2.53. The molecule has 0 amide bonds. The number of rotatable bonds is 3. The van der Waals surface area contributed by atoms with Crippen molar-refractivity contribution in [2.75, 3.05) is 0 Å². The van der Waals surface area contributed by atoms with Crippen LogP contribution in [-0.4, -0.2) is 19.9 Å². The summed E-state index contributed by atoms with van der Waals surface area (Å²) in [5.41, 5.74) is 1.28. The van der Waals surface area contributed by atoms with Gasteiger partial charge in [0.15, 0.2) is 5.82 Å². The minimum atomic E-state index is -0.915. The van der Waals surface area contributed by atoms with Crippen LogP contribution in [0, 0.1) is 5.82 Å². The molecule has 0 aliphatic rings. The zero-order valence-corrected chi connectivity index (χ0v) is 10.5. The lowest BCUT2D eigenvalue weighted by atomic mass is 10.1. The minimum absolute atomic E-state index is 0.349. The van der Waals surface area contributed by atoms with Crippen LogP contribution in [0.5, 0.6) is 0 Å². The molecule has 0 spiro atoms. The third-order valence-corrected chi connectivity index (χ3v) is 3.02. The SMILES string of the molecule is O[C@@H](c1ccccc1)c1nncn1-c1cccc(F)c1. The van der Waals surface area contributed by atoms with Gasteiger partial charge in [-0.1, -0.05) is 36.4 Å². The first-order valence-electron chi connectivity index (χ1n) is 6.14. The highest BCUT2D eigenvalue weighted by Crippen LogP contribution is 2.22. The summed E-state index contributed by atoms with van der Waals surface area (Å²) in [5, 5.41) is 18.1. The topological polar surface area (TPSA) is 50.9 Å². The van der Waals surface area contributed by atoms with E-state index in [1.807, 2.05) is 18.2 Å². The first-order valence-corrected chi connectivity index (χ1v) is 6.14. The molecular weight excluding hydrogens is 257 g/mol. The molecule has 100 valence electrons. The molecule has 0 unspecified atom stereocenters. The molecular formula is C15H12FN3O. The average molecular weight is 269 g/mol. The largest absolute Gasteiger partial charge is 0.380 e. The first-order chi connectivity index (χ1) is 9.75. The fourth-order valence-electron chi connectivity index (χ4n) is 2.04. The summed E-state index contributed by atoms with van der Waals surface area (Å²) in [6.45, 7) is 0. The number of hydrogen-bond acceptors (Lipinski definition) is 3. The van der Waals surface area contributed by atoms with Gasteiger partial charge in [0.2, 0.25) is 0 Å². The Balaban J connectivity index is 2.03. The zero-order chi connectivity index (χ0) is 13.9. The number of halogens is 1. The van der Waals surface area contributed by atoms with Crippen LogP contribution < -0.4 is 0 Å². The van der Waals surface area contributed by atoms with E-state index >= 15 is 0 Å². The van der Waals surface area contributed by atoms with Crippen LogP contribution in [0.4, 0.5) is 4.39 Å². The van der Waals surface area contributed by atoms with Crippen molar-refractivity contribution in [2.24, 2.45) is 0 Å². The van der Waals surface area contributed by atoms with E-state index in [1.54, 1.807) is 28.8 Å². The number of aromatic nitrogens is 3. The Labute approximate surface area is 115 Å². The van der Waals surface area contributed by atoms with Crippen molar-refractivity contribution in [1.82, 2.24) is 14.8 Å². The van der Waals surface area contributed by atoms with E-state index in [9.17, 15) is 9.50 Å². The van der Waals surface area contributed by atoms with E-state index in [2.05, 4.69) is 10.2 Å². The molecule has 0 aliphatic heterocycles. The highest BCUT2D eigenvalue weighted by atomic mass is 19.1. The van der Waals surface area contributed by atoms with Crippen LogP contribution in [0.3, 0.4) is 0 Å². The summed E-state index contributed by atoms with van der Waals surface area (Å²) < 4.78 is 14.9. The first kappa shape index (κ1) is 12.5. The molecule has 1 atom stereocenters. The molecule has 0 radical (unpaired) electrons. The normalized spacial score (nSPS) is 12.3. The van der Waals surface area contributed by atoms with Gasteiger partial charge in [0.05, 0.1) is 5.69 Å². The molecule has 1 N–H and O–H groups in total. The van der Waals surface area contributed by atoms with Crippen LogP contribution in [0.15, 0.2) is 60.9 Å². The van der Waals surface area contributed by atoms with Crippen molar-refractivity contribution in [2.45, 2.75) is 6.10 Å². The fourth-order valence-corrected chi connectivity index (χ4v) is 2.04. The van der Waals surface area contributed by atoms with Gasteiger partial charge >= 0.3 is 0 Å². The molecule has 0 saturated heterocycles. The van der Waals surface area contributed by atoms with Gasteiger partial charge in [-0.3, -0.25) is 4.57 Å². The Morgan fingerprint density at radius 1 is 1.05 bits per heavy atom. The molecule has 1 aromatic heterocycles. The molecule has 0 bridgehead atoms. The lowest BCUT2D eigenvalue weighted by molar-refractivity contribution is 0.207. The predicted octanol–water partition coefficient (Wildman–Crippen LogP) is 2.49. The number of nitrogens with zero attached hydrogens (tertiary/aromatic N) is 3. The van der Waals surface area contributed by atoms with E-state index in [4.69, 9.17) is 0 Å². The quantitative estimate of drug-likeness (QED) is 0.794. The number of benzene rings is 2. The Bertz CT molecular complexity index is 712. The summed E-state index contributed by atoms with van der Waals surface area (Å²) in [7, 11) is 0. The maximum atomic E-state index is 13.3.